The van der Waals surface area contributed by atoms with Crippen molar-refractivity contribution in [2.24, 2.45) is 0 Å². The van der Waals surface area contributed by atoms with Crippen LogP contribution in [0.15, 0.2) is 64.4 Å². The molecule has 0 atom stereocenters. The second-order valence-electron chi connectivity index (χ2n) is 5.34. The molecule has 0 unspecified atom stereocenters. The Morgan fingerprint density at radius 3 is 1.58 bits per heavy atom. The Balaban J connectivity index is 2.16. The average molecular weight is 364 g/mol. The molecule has 7 heteroatoms. The van der Waals surface area contributed by atoms with E-state index in [4.69, 9.17) is 0 Å². The topological polar surface area (TPSA) is 85.3 Å². The Kier molecular flexibility index (Phi) is 5.05. The van der Waals surface area contributed by atoms with E-state index in [1.165, 1.54) is 42.5 Å². The summed E-state index contributed by atoms with van der Waals surface area (Å²) in [7, 11) is -6.55. The minimum Gasteiger partial charge on any atom is -0.289 e. The summed E-state index contributed by atoms with van der Waals surface area (Å²) >= 11 is 0. The van der Waals surface area contributed by atoms with Crippen molar-refractivity contribution in [1.29, 1.82) is 0 Å². The molecule has 0 aliphatic heterocycles. The maximum atomic E-state index is 12.1. The summed E-state index contributed by atoms with van der Waals surface area (Å²) in [5.74, 6) is -0.276. The number of sulfone groups is 2. The maximum Gasteiger partial charge on any atom is 0.185 e. The molecule has 0 radical (unpaired) electrons. The van der Waals surface area contributed by atoms with Crippen molar-refractivity contribution in [3.05, 3.63) is 65.7 Å². The van der Waals surface area contributed by atoms with E-state index in [1.54, 1.807) is 18.2 Å². The summed E-state index contributed by atoms with van der Waals surface area (Å²) in [6.07, 6.45) is 5.15. The van der Waals surface area contributed by atoms with Crippen molar-refractivity contribution < 1.29 is 21.6 Å². The Labute approximate surface area is 141 Å². The van der Waals surface area contributed by atoms with Gasteiger partial charge in [0.25, 0.3) is 0 Å². The highest BCUT2D eigenvalue weighted by Gasteiger charge is 2.08. The van der Waals surface area contributed by atoms with Gasteiger partial charge in [0.05, 0.1) is 9.79 Å². The molecule has 0 saturated heterocycles. The summed E-state index contributed by atoms with van der Waals surface area (Å²) in [5, 5.41) is 0. The highest BCUT2D eigenvalue weighted by Crippen LogP contribution is 2.13. The van der Waals surface area contributed by atoms with E-state index in [9.17, 15) is 21.6 Å². The quantitative estimate of drug-likeness (QED) is 0.601. The zero-order valence-corrected chi connectivity index (χ0v) is 14.8. The van der Waals surface area contributed by atoms with E-state index in [1.807, 2.05) is 0 Å². The van der Waals surface area contributed by atoms with E-state index in [2.05, 4.69) is 0 Å². The van der Waals surface area contributed by atoms with E-state index in [0.29, 0.717) is 11.1 Å². The fourth-order valence-electron chi connectivity index (χ4n) is 1.96. The molecule has 0 spiro atoms. The summed E-state index contributed by atoms with van der Waals surface area (Å²) < 4.78 is 45.5. The molecule has 0 aliphatic rings. The summed E-state index contributed by atoms with van der Waals surface area (Å²) in [4.78, 5) is 12.4. The molecule has 24 heavy (non-hydrogen) atoms. The number of hydrogen-bond donors (Lipinski definition) is 0. The number of hydrogen-bond acceptors (Lipinski definition) is 5. The molecule has 2 rings (SSSR count). The molecule has 0 aromatic heterocycles. The third-order valence-corrected chi connectivity index (χ3v) is 5.56. The van der Waals surface area contributed by atoms with Gasteiger partial charge in [-0.2, -0.15) is 0 Å². The van der Waals surface area contributed by atoms with Crippen LogP contribution >= 0.6 is 0 Å². The highest BCUT2D eigenvalue weighted by atomic mass is 32.2. The largest absolute Gasteiger partial charge is 0.289 e. The lowest BCUT2D eigenvalue weighted by molar-refractivity contribution is 0.104. The SMILES string of the molecule is CS(=O)(=O)c1ccc(C=CC(=O)c2ccc(S(C)(=O)=O)cc2)cc1. The first-order valence-electron chi connectivity index (χ1n) is 6.90. The number of carbonyl (C=O) groups excluding carboxylic acids is 1. The van der Waals surface area contributed by atoms with Crippen LogP contribution in [0.25, 0.3) is 6.08 Å². The average Bonchev–Trinajstić information content (AvgIpc) is 2.51. The summed E-state index contributed by atoms with van der Waals surface area (Å²) in [6, 6.07) is 11.8. The monoisotopic (exact) mass is 364 g/mol. The van der Waals surface area contributed by atoms with Gasteiger partial charge in [-0.3, -0.25) is 4.79 Å². The molecule has 0 amide bonds. The molecule has 0 bridgehead atoms. The van der Waals surface area contributed by atoms with Crippen LogP contribution in [-0.4, -0.2) is 35.1 Å². The molecule has 2 aromatic carbocycles. The van der Waals surface area contributed by atoms with Gasteiger partial charge in [-0.1, -0.05) is 18.2 Å². The van der Waals surface area contributed by atoms with Gasteiger partial charge in [-0.25, -0.2) is 16.8 Å². The van der Waals surface area contributed by atoms with E-state index >= 15 is 0 Å². The van der Waals surface area contributed by atoms with Crippen molar-refractivity contribution >= 4 is 31.5 Å². The standard InChI is InChI=1S/C17H16O5S2/c1-23(19,20)15-8-3-13(4-9-15)5-12-17(18)14-6-10-16(11-7-14)24(2,21)22/h3-12H,1-2H3. The van der Waals surface area contributed by atoms with Crippen LogP contribution in [0, 0.1) is 0 Å². The molecule has 5 nitrogen and oxygen atoms in total. The van der Waals surface area contributed by atoms with Gasteiger partial charge in [0.1, 0.15) is 0 Å². The molecule has 126 valence electrons. The van der Waals surface area contributed by atoms with Gasteiger partial charge in [-0.05, 0) is 48.0 Å². The molecule has 0 aliphatic carbocycles. The van der Waals surface area contributed by atoms with Crippen LogP contribution in [0.2, 0.25) is 0 Å². The normalized spacial score (nSPS) is 12.4. The minimum atomic E-state index is -3.30. The van der Waals surface area contributed by atoms with Crippen molar-refractivity contribution in [3.8, 4) is 0 Å². The molecular formula is C17H16O5S2. The Bertz CT molecular complexity index is 982. The lowest BCUT2D eigenvalue weighted by atomic mass is 10.1. The van der Waals surface area contributed by atoms with Crippen LogP contribution < -0.4 is 0 Å². The minimum absolute atomic E-state index is 0.152. The first kappa shape index (κ1) is 18.1. The number of carbonyl (C=O) groups is 1. The Hall–Kier alpha value is -2.25. The third-order valence-electron chi connectivity index (χ3n) is 3.30. The van der Waals surface area contributed by atoms with Crippen molar-refractivity contribution in [3.63, 3.8) is 0 Å². The van der Waals surface area contributed by atoms with Crippen molar-refractivity contribution in [2.45, 2.75) is 9.79 Å². The first-order chi connectivity index (χ1) is 11.1. The van der Waals surface area contributed by atoms with Crippen molar-refractivity contribution in [1.82, 2.24) is 0 Å². The van der Waals surface area contributed by atoms with Gasteiger partial charge in [0.15, 0.2) is 25.5 Å². The van der Waals surface area contributed by atoms with Crippen LogP contribution in [0.3, 0.4) is 0 Å². The number of ketones is 1. The predicted molar refractivity (Wildman–Crippen MR) is 92.5 cm³/mol. The fourth-order valence-corrected chi connectivity index (χ4v) is 3.22. The van der Waals surface area contributed by atoms with E-state index in [-0.39, 0.29) is 15.6 Å². The van der Waals surface area contributed by atoms with Gasteiger partial charge >= 0.3 is 0 Å². The lowest BCUT2D eigenvalue weighted by Gasteiger charge is -2.00. The van der Waals surface area contributed by atoms with Gasteiger partial charge in [0, 0.05) is 18.1 Å². The maximum absolute atomic E-state index is 12.1. The molecule has 2 aromatic rings. The molecule has 0 N–H and O–H groups in total. The number of benzene rings is 2. The van der Waals surface area contributed by atoms with E-state index in [0.717, 1.165) is 12.5 Å². The van der Waals surface area contributed by atoms with Gasteiger partial charge in [-0.15, -0.1) is 0 Å². The number of rotatable bonds is 5. The van der Waals surface area contributed by atoms with Crippen LogP contribution in [0.4, 0.5) is 0 Å². The molecule has 0 saturated carbocycles. The molecule has 0 fully saturated rings. The first-order valence-corrected chi connectivity index (χ1v) is 10.7. The van der Waals surface area contributed by atoms with Crippen LogP contribution in [-0.2, 0) is 19.7 Å². The predicted octanol–water partition coefficient (Wildman–Crippen LogP) is 2.39. The summed E-state index contributed by atoms with van der Waals surface area (Å²) in [5.41, 5.74) is 1.05. The van der Waals surface area contributed by atoms with Gasteiger partial charge in [0.2, 0.25) is 0 Å². The number of allylic oxidation sites excluding steroid dienone is 1. The van der Waals surface area contributed by atoms with E-state index < -0.39 is 19.7 Å². The fraction of sp³-hybridized carbons (Fsp3) is 0.118. The Morgan fingerprint density at radius 1 is 0.750 bits per heavy atom. The smallest absolute Gasteiger partial charge is 0.185 e. The zero-order valence-electron chi connectivity index (χ0n) is 13.1. The second-order valence-corrected chi connectivity index (χ2v) is 9.37. The van der Waals surface area contributed by atoms with Crippen LogP contribution in [0.1, 0.15) is 15.9 Å². The third kappa shape index (κ3) is 4.62. The Morgan fingerprint density at radius 2 is 1.17 bits per heavy atom. The highest BCUT2D eigenvalue weighted by molar-refractivity contribution is 7.91. The second kappa shape index (κ2) is 6.70. The molecular weight excluding hydrogens is 348 g/mol. The summed E-state index contributed by atoms with van der Waals surface area (Å²) in [6.45, 7) is 0. The lowest BCUT2D eigenvalue weighted by Crippen LogP contribution is -1.99. The molecule has 0 heterocycles. The zero-order chi connectivity index (χ0) is 18.0. The van der Waals surface area contributed by atoms with Gasteiger partial charge < -0.3 is 0 Å². The van der Waals surface area contributed by atoms with Crippen molar-refractivity contribution in [2.75, 3.05) is 12.5 Å². The van der Waals surface area contributed by atoms with Crippen LogP contribution in [0.5, 0.6) is 0 Å².